The Bertz CT molecular complexity index is 4710. The predicted octanol–water partition coefficient (Wildman–Crippen LogP) is 24.7. The first-order chi connectivity index (χ1) is 46.4. The van der Waals surface area contributed by atoms with Crippen molar-refractivity contribution >= 4 is 0 Å². The zero-order chi connectivity index (χ0) is 66.8. The monoisotopic (exact) mass is 1260 g/mol. The van der Waals surface area contributed by atoms with Crippen molar-refractivity contribution in [3.8, 4) is 100 Å². The lowest BCUT2D eigenvalue weighted by Crippen LogP contribution is -2.30. The molecule has 0 amide bonds. The lowest BCUT2D eigenvalue weighted by Gasteiger charge is -2.33. The molecule has 5 aliphatic carbocycles. The molecule has 4 atom stereocenters. The van der Waals surface area contributed by atoms with Crippen LogP contribution in [0.5, 0.6) is 0 Å². The lowest BCUT2D eigenvalue weighted by atomic mass is 9.70. The van der Waals surface area contributed by atoms with Crippen LogP contribution in [0, 0.1) is 24.7 Å². The van der Waals surface area contributed by atoms with Gasteiger partial charge in [-0.05, 0) is 306 Å². The third kappa shape index (κ3) is 9.66. The second-order valence-electron chi connectivity index (χ2n) is 31.5. The number of benzene rings is 10. The molecule has 10 aromatic carbocycles. The number of aliphatic hydroxyl groups excluding tert-OH is 2. The van der Waals surface area contributed by atoms with Crippen LogP contribution in [-0.4, -0.2) is 23.4 Å². The Morgan fingerprint density at radius 1 is 0.292 bits per heavy atom. The molecule has 0 bridgehead atoms. The summed E-state index contributed by atoms with van der Waals surface area (Å²) in [7, 11) is 0. The van der Waals surface area contributed by atoms with Gasteiger partial charge in [0.2, 0.25) is 0 Å². The largest absolute Gasteiger partial charge is 0.396 e. The standard InChI is InChI=1S/C94H100O2/c1-13-91(14-2)82-48-61(11)22-31-72(82)73-33-24-63(50-83(73)91)65-26-35-75-77-37-28-67(54-87(77)93(16-4,85(75)52-65)46-42-60(9)10)69-30-39-79-78-38-29-68(55-88(78)94(57-96,43-19-47-95)89(79)56-69)66-27-36-76-74-34-25-64(51-84(74)92(15-3,86(76)53-66)45-41-59(7)8)62-23-32-71-70-20-17-18-21-80(70)90(12,81(71)49-62)44-40-58(5)6/h17-18,20-39,48-56,58-60,95-96H,13-16,19,40-47,57H2,1-12H3. The zero-order valence-electron chi connectivity index (χ0n) is 59.4. The maximum Gasteiger partial charge on any atom is 0.0569 e. The summed E-state index contributed by atoms with van der Waals surface area (Å²) in [5, 5.41) is 22.8. The predicted molar refractivity (Wildman–Crippen MR) is 406 cm³/mol. The molecule has 0 heterocycles. The molecule has 2 N–H and O–H groups in total. The van der Waals surface area contributed by atoms with E-state index in [9.17, 15) is 10.2 Å². The van der Waals surface area contributed by atoms with Gasteiger partial charge in [0.05, 0.1) is 6.61 Å². The van der Waals surface area contributed by atoms with E-state index in [4.69, 9.17) is 0 Å². The van der Waals surface area contributed by atoms with Crippen molar-refractivity contribution in [1.82, 2.24) is 0 Å². The van der Waals surface area contributed by atoms with Crippen LogP contribution in [-0.2, 0) is 27.1 Å². The van der Waals surface area contributed by atoms with Crippen LogP contribution in [0.25, 0.3) is 100 Å². The van der Waals surface area contributed by atoms with Crippen molar-refractivity contribution in [3.05, 3.63) is 249 Å². The van der Waals surface area contributed by atoms with Gasteiger partial charge in [0, 0.05) is 33.7 Å². The summed E-state index contributed by atoms with van der Waals surface area (Å²) >= 11 is 0. The van der Waals surface area contributed by atoms with Gasteiger partial charge >= 0.3 is 0 Å². The van der Waals surface area contributed by atoms with Crippen molar-refractivity contribution in [2.75, 3.05) is 13.2 Å². The Morgan fingerprint density at radius 3 is 0.906 bits per heavy atom. The minimum atomic E-state index is -0.694. The van der Waals surface area contributed by atoms with Crippen LogP contribution >= 0.6 is 0 Å². The van der Waals surface area contributed by atoms with Gasteiger partial charge in [-0.2, -0.15) is 0 Å². The molecule has 0 aromatic heterocycles. The number of aryl methyl sites for hydroxylation is 1. The van der Waals surface area contributed by atoms with E-state index in [1.165, 1.54) is 157 Å². The molecular weight excluding hydrogens is 1160 g/mol. The minimum Gasteiger partial charge on any atom is -0.396 e. The quantitative estimate of drug-likeness (QED) is 0.0753. The van der Waals surface area contributed by atoms with Gasteiger partial charge in [0.1, 0.15) is 0 Å². The Labute approximate surface area is 574 Å². The molecule has 0 fully saturated rings. The molecule has 10 aromatic rings. The van der Waals surface area contributed by atoms with E-state index in [0.29, 0.717) is 30.6 Å². The first-order valence-corrected chi connectivity index (χ1v) is 37.1. The van der Waals surface area contributed by atoms with E-state index in [1.54, 1.807) is 0 Å². The van der Waals surface area contributed by atoms with Gasteiger partial charge < -0.3 is 10.2 Å². The third-order valence-corrected chi connectivity index (χ3v) is 25.3. The van der Waals surface area contributed by atoms with Crippen LogP contribution < -0.4 is 0 Å². The van der Waals surface area contributed by atoms with Crippen molar-refractivity contribution < 1.29 is 10.2 Å². The van der Waals surface area contributed by atoms with Crippen molar-refractivity contribution in [3.63, 3.8) is 0 Å². The molecule has 4 unspecified atom stereocenters. The van der Waals surface area contributed by atoms with Crippen LogP contribution in [0.2, 0.25) is 0 Å². The molecule has 2 nitrogen and oxygen atoms in total. The lowest BCUT2D eigenvalue weighted by molar-refractivity contribution is 0.197. The Hall–Kier alpha value is -7.88. The smallest absolute Gasteiger partial charge is 0.0569 e. The second kappa shape index (κ2) is 24.3. The van der Waals surface area contributed by atoms with E-state index in [2.05, 4.69) is 271 Å². The average molecular weight is 1260 g/mol. The summed E-state index contributed by atoms with van der Waals surface area (Å²) in [6.07, 6.45) is 12.2. The van der Waals surface area contributed by atoms with Crippen LogP contribution in [0.1, 0.15) is 214 Å². The van der Waals surface area contributed by atoms with Gasteiger partial charge in [-0.15, -0.1) is 0 Å². The Morgan fingerprint density at radius 2 is 0.573 bits per heavy atom. The van der Waals surface area contributed by atoms with Crippen molar-refractivity contribution in [2.24, 2.45) is 17.8 Å². The molecule has 15 rings (SSSR count). The number of rotatable bonds is 21. The first kappa shape index (κ1) is 64.1. The summed E-state index contributed by atoms with van der Waals surface area (Å²) in [4.78, 5) is 0. The molecule has 2 heteroatoms. The molecule has 0 spiro atoms. The maximum absolute atomic E-state index is 12.2. The van der Waals surface area contributed by atoms with E-state index in [0.717, 1.165) is 68.9 Å². The third-order valence-electron chi connectivity index (χ3n) is 25.3. The second-order valence-corrected chi connectivity index (χ2v) is 31.5. The van der Waals surface area contributed by atoms with Crippen LogP contribution in [0.4, 0.5) is 0 Å². The van der Waals surface area contributed by atoms with Crippen molar-refractivity contribution in [2.45, 2.75) is 187 Å². The first-order valence-electron chi connectivity index (χ1n) is 37.1. The highest BCUT2D eigenvalue weighted by atomic mass is 16.3. The summed E-state index contributed by atoms with van der Waals surface area (Å²) in [5.41, 5.74) is 37.7. The van der Waals surface area contributed by atoms with Gasteiger partial charge in [-0.25, -0.2) is 0 Å². The summed E-state index contributed by atoms with van der Waals surface area (Å²) in [6.45, 7) is 28.6. The topological polar surface area (TPSA) is 40.5 Å². The molecule has 488 valence electrons. The van der Waals surface area contributed by atoms with E-state index in [-0.39, 0.29) is 34.9 Å². The molecular formula is C94H100O2. The normalized spacial score (nSPS) is 20.1. The van der Waals surface area contributed by atoms with Gasteiger partial charge in [-0.3, -0.25) is 0 Å². The molecule has 0 aliphatic heterocycles. The number of fused-ring (bicyclic) bond motifs is 15. The van der Waals surface area contributed by atoms with E-state index >= 15 is 0 Å². The number of hydrogen-bond donors (Lipinski definition) is 2. The van der Waals surface area contributed by atoms with Crippen molar-refractivity contribution in [1.29, 1.82) is 0 Å². The van der Waals surface area contributed by atoms with Crippen LogP contribution in [0.15, 0.2) is 188 Å². The SMILES string of the molecule is CCC1(CC)c2cc(C)ccc2-c2ccc(-c3ccc4c(c3)C(CC)(CCC(C)C)c3cc(-c5ccc6c(c5)C(CO)(CCCO)c5cc(-c7ccc8c(c7)C(CC)(CCC(C)C)c7cc(-c9ccc%10c(c9)C(C)(CCC(C)C)c9ccccc9-%10)ccc7-8)ccc5-6)ccc3-4)cc21. The number of aliphatic hydroxyl groups is 2. The zero-order valence-corrected chi connectivity index (χ0v) is 59.4. The Balaban J connectivity index is 0.775. The molecule has 96 heavy (non-hydrogen) atoms. The fourth-order valence-electron chi connectivity index (χ4n) is 19.6. The summed E-state index contributed by atoms with van der Waals surface area (Å²) in [6, 6.07) is 74.5. The summed E-state index contributed by atoms with van der Waals surface area (Å²) < 4.78 is 0. The highest BCUT2D eigenvalue weighted by molar-refractivity contribution is 5.93. The fraction of sp³-hybridized carbons (Fsp3) is 0.362. The highest BCUT2D eigenvalue weighted by Gasteiger charge is 2.48. The maximum atomic E-state index is 12.2. The highest BCUT2D eigenvalue weighted by Crippen LogP contribution is 2.61. The molecule has 0 radical (unpaired) electrons. The summed E-state index contributed by atoms with van der Waals surface area (Å²) in [5.74, 6) is 1.78. The average Bonchev–Trinajstić information content (AvgIpc) is 1.57. The minimum absolute atomic E-state index is 0.00831. The molecule has 0 saturated heterocycles. The fourth-order valence-corrected chi connectivity index (χ4v) is 19.6. The van der Waals surface area contributed by atoms with E-state index in [1.807, 2.05) is 0 Å². The van der Waals surface area contributed by atoms with Gasteiger partial charge in [-0.1, -0.05) is 221 Å². The van der Waals surface area contributed by atoms with Gasteiger partial charge in [0.25, 0.3) is 0 Å². The Kier molecular flexibility index (Phi) is 16.2. The molecule has 0 saturated carbocycles. The molecule has 5 aliphatic rings. The van der Waals surface area contributed by atoms with E-state index < -0.39 is 5.41 Å². The van der Waals surface area contributed by atoms with Crippen LogP contribution in [0.3, 0.4) is 0 Å². The number of hydrogen-bond acceptors (Lipinski definition) is 2. The van der Waals surface area contributed by atoms with Gasteiger partial charge in [0.15, 0.2) is 0 Å².